The third-order valence-electron chi connectivity index (χ3n) is 4.93. The molecule has 0 aromatic heterocycles. The molecule has 0 saturated carbocycles. The van der Waals surface area contributed by atoms with E-state index in [2.05, 4.69) is 5.32 Å². The molecule has 1 spiro atoms. The van der Waals surface area contributed by atoms with E-state index in [1.54, 1.807) is 11.1 Å². The van der Waals surface area contributed by atoms with Crippen molar-refractivity contribution < 1.29 is 14.5 Å². The number of nitrogens with zero attached hydrogens (tertiary/aromatic N) is 3. The second-order valence-electron chi connectivity index (χ2n) is 6.54. The summed E-state index contributed by atoms with van der Waals surface area (Å²) in [5.74, 6) is -0.162. The molecule has 5 rings (SSSR count). The first kappa shape index (κ1) is 16.1. The first-order valence-electron chi connectivity index (χ1n) is 8.40. The maximum atomic E-state index is 11.9. The van der Waals surface area contributed by atoms with Crippen LogP contribution < -0.4 is 10.1 Å². The molecule has 3 aliphatic rings. The summed E-state index contributed by atoms with van der Waals surface area (Å²) in [6.07, 6.45) is 0.573. The van der Waals surface area contributed by atoms with Gasteiger partial charge in [0.2, 0.25) is 0 Å². The average Bonchev–Trinajstić information content (AvgIpc) is 3.28. The van der Waals surface area contributed by atoms with E-state index in [4.69, 9.17) is 9.84 Å². The number of amides is 1. The van der Waals surface area contributed by atoms with Gasteiger partial charge in [0.25, 0.3) is 16.8 Å². The molecule has 2 aromatic carbocycles. The van der Waals surface area contributed by atoms with Gasteiger partial charge in [0, 0.05) is 24.1 Å². The third kappa shape index (κ3) is 2.46. The van der Waals surface area contributed by atoms with Crippen molar-refractivity contribution >= 4 is 28.4 Å². The Bertz CT molecular complexity index is 996. The molecule has 0 radical (unpaired) electrons. The molecule has 8 nitrogen and oxygen atoms in total. The number of nitrogens with one attached hydrogen (secondary N) is 1. The minimum atomic E-state index is -1.08. The van der Waals surface area contributed by atoms with Crippen LogP contribution in [0.3, 0.4) is 0 Å². The van der Waals surface area contributed by atoms with Crippen molar-refractivity contribution in [1.82, 2.24) is 10.3 Å². The highest BCUT2D eigenvalue weighted by atomic mass is 32.2. The van der Waals surface area contributed by atoms with Gasteiger partial charge in [-0.3, -0.25) is 20.2 Å². The van der Waals surface area contributed by atoms with Gasteiger partial charge in [-0.25, -0.2) is 5.01 Å². The van der Waals surface area contributed by atoms with Gasteiger partial charge < -0.3 is 4.74 Å². The topological polar surface area (TPSA) is 97.1 Å². The van der Waals surface area contributed by atoms with Gasteiger partial charge in [-0.05, 0) is 11.6 Å². The Morgan fingerprint density at radius 3 is 2.81 bits per heavy atom. The molecule has 0 aliphatic carbocycles. The molecule has 1 amide bonds. The highest BCUT2D eigenvalue weighted by molar-refractivity contribution is 8.14. The highest BCUT2D eigenvalue weighted by Gasteiger charge is 2.55. The molecule has 1 N–H and O–H groups in total. The Labute approximate surface area is 158 Å². The van der Waals surface area contributed by atoms with Crippen LogP contribution in [-0.4, -0.2) is 32.5 Å². The van der Waals surface area contributed by atoms with Crippen molar-refractivity contribution in [2.75, 3.05) is 5.75 Å². The van der Waals surface area contributed by atoms with Crippen LogP contribution in [0.4, 0.5) is 10.5 Å². The molecule has 0 bridgehead atoms. The van der Waals surface area contributed by atoms with E-state index in [1.807, 2.05) is 30.3 Å². The van der Waals surface area contributed by atoms with Gasteiger partial charge in [0.15, 0.2) is 0 Å². The zero-order valence-corrected chi connectivity index (χ0v) is 14.8. The smallest absolute Gasteiger partial charge is 0.289 e. The van der Waals surface area contributed by atoms with E-state index in [0.717, 1.165) is 23.0 Å². The summed E-state index contributed by atoms with van der Waals surface area (Å²) in [5, 5.41) is 20.4. The van der Waals surface area contributed by atoms with Crippen molar-refractivity contribution in [1.29, 1.82) is 0 Å². The second kappa shape index (κ2) is 5.71. The fourth-order valence-electron chi connectivity index (χ4n) is 3.70. The second-order valence-corrected chi connectivity index (χ2v) is 7.49. The molecule has 3 heterocycles. The summed E-state index contributed by atoms with van der Waals surface area (Å²) in [6, 6.07) is 14.1. The molecule has 3 aliphatic heterocycles. The van der Waals surface area contributed by atoms with E-state index in [-0.39, 0.29) is 17.0 Å². The quantitative estimate of drug-likeness (QED) is 0.633. The van der Waals surface area contributed by atoms with Gasteiger partial charge in [0.1, 0.15) is 5.75 Å². The monoisotopic (exact) mass is 382 g/mol. The lowest BCUT2D eigenvalue weighted by atomic mass is 9.95. The molecule has 1 fully saturated rings. The Balaban J connectivity index is 1.63. The maximum Gasteiger partial charge on any atom is 0.289 e. The highest BCUT2D eigenvalue weighted by Crippen LogP contribution is 2.49. The fourth-order valence-corrected chi connectivity index (χ4v) is 4.52. The summed E-state index contributed by atoms with van der Waals surface area (Å²) in [4.78, 5) is 22.7. The Morgan fingerprint density at radius 2 is 2.11 bits per heavy atom. The predicted molar refractivity (Wildman–Crippen MR) is 99.6 cm³/mol. The van der Waals surface area contributed by atoms with Gasteiger partial charge in [-0.15, -0.1) is 0 Å². The number of ether oxygens (including phenoxy) is 1. The van der Waals surface area contributed by atoms with Crippen LogP contribution in [0.15, 0.2) is 53.6 Å². The number of fused-ring (bicyclic) bond motifs is 4. The van der Waals surface area contributed by atoms with Gasteiger partial charge >= 0.3 is 0 Å². The number of non-ortho nitro benzene ring substituents is 1. The average molecular weight is 382 g/mol. The van der Waals surface area contributed by atoms with Crippen LogP contribution >= 0.6 is 11.8 Å². The summed E-state index contributed by atoms with van der Waals surface area (Å²) in [7, 11) is 0. The van der Waals surface area contributed by atoms with Crippen LogP contribution in [0.2, 0.25) is 0 Å². The standard InChI is InChI=1S/C18H14N4O4S/c23-17-19-18(10-27-17)21-15(9-14(20-21)11-4-2-1-3-5-11)13-8-12(22(24)25)6-7-16(13)26-18/h1-8,15H,9-10H2,(H,19,23)/t15-,18+/m1/s1. The molecule has 1 saturated heterocycles. The molecule has 136 valence electrons. The minimum absolute atomic E-state index is 0.00578. The maximum absolute atomic E-state index is 11.9. The number of nitro benzene ring substituents is 1. The molecule has 2 aromatic rings. The van der Waals surface area contributed by atoms with Crippen LogP contribution in [0.5, 0.6) is 5.75 Å². The van der Waals surface area contributed by atoms with E-state index < -0.39 is 10.8 Å². The van der Waals surface area contributed by atoms with E-state index >= 15 is 0 Å². The van der Waals surface area contributed by atoms with Crippen LogP contribution in [0.1, 0.15) is 23.6 Å². The number of hydrogen-bond acceptors (Lipinski definition) is 7. The number of carbonyl (C=O) groups is 1. The summed E-state index contributed by atoms with van der Waals surface area (Å²) >= 11 is 1.14. The number of rotatable bonds is 2. The Morgan fingerprint density at radius 1 is 1.30 bits per heavy atom. The molecular weight excluding hydrogens is 368 g/mol. The van der Waals surface area contributed by atoms with Crippen molar-refractivity contribution in [3.8, 4) is 5.75 Å². The van der Waals surface area contributed by atoms with Gasteiger partial charge in [-0.2, -0.15) is 5.10 Å². The molecule has 9 heteroatoms. The number of carbonyl (C=O) groups excluding carboxylic acids is 1. The zero-order valence-electron chi connectivity index (χ0n) is 14.0. The third-order valence-corrected chi connectivity index (χ3v) is 5.83. The normalized spacial score (nSPS) is 25.5. The summed E-state index contributed by atoms with van der Waals surface area (Å²) < 4.78 is 6.13. The first-order valence-corrected chi connectivity index (χ1v) is 9.39. The molecule has 0 unspecified atom stereocenters. The molecular formula is C18H14N4O4S. The Kier molecular flexibility index (Phi) is 3.41. The van der Waals surface area contributed by atoms with Gasteiger partial charge in [-0.1, -0.05) is 42.1 Å². The van der Waals surface area contributed by atoms with E-state index in [0.29, 0.717) is 23.5 Å². The fraction of sp³-hybridized carbons (Fsp3) is 0.222. The Hall–Kier alpha value is -3.07. The van der Waals surface area contributed by atoms with Crippen LogP contribution in [-0.2, 0) is 0 Å². The minimum Gasteiger partial charge on any atom is -0.447 e. The molecule has 2 atom stereocenters. The number of hydrogen-bond donors (Lipinski definition) is 1. The van der Waals surface area contributed by atoms with E-state index in [1.165, 1.54) is 12.1 Å². The number of nitro groups is 1. The number of hydrazone groups is 1. The SMILES string of the molecule is O=C1N[C@]2(CS1)Oc1ccc([N+](=O)[O-])cc1[C@H]1CC(c3ccccc3)=NN12. The largest absolute Gasteiger partial charge is 0.447 e. The van der Waals surface area contributed by atoms with E-state index in [9.17, 15) is 14.9 Å². The van der Waals surface area contributed by atoms with Crippen molar-refractivity contribution in [3.05, 3.63) is 69.8 Å². The first-order chi connectivity index (χ1) is 13.1. The van der Waals surface area contributed by atoms with Crippen LogP contribution in [0.25, 0.3) is 0 Å². The summed E-state index contributed by atoms with van der Waals surface area (Å²) in [5.41, 5.74) is 2.54. The van der Waals surface area contributed by atoms with Crippen LogP contribution in [0, 0.1) is 10.1 Å². The number of thioether (sulfide) groups is 1. The van der Waals surface area contributed by atoms with Gasteiger partial charge in [0.05, 0.1) is 22.4 Å². The lowest BCUT2D eigenvalue weighted by Crippen LogP contribution is -2.62. The van der Waals surface area contributed by atoms with Crippen molar-refractivity contribution in [2.24, 2.45) is 5.10 Å². The zero-order chi connectivity index (χ0) is 18.6. The lowest BCUT2D eigenvalue weighted by molar-refractivity contribution is -0.385. The molecule has 27 heavy (non-hydrogen) atoms. The van der Waals surface area contributed by atoms with Crippen molar-refractivity contribution in [3.63, 3.8) is 0 Å². The number of benzene rings is 2. The van der Waals surface area contributed by atoms with Crippen molar-refractivity contribution in [2.45, 2.75) is 18.3 Å². The predicted octanol–water partition coefficient (Wildman–Crippen LogP) is 3.25. The summed E-state index contributed by atoms with van der Waals surface area (Å²) in [6.45, 7) is 0. The lowest BCUT2D eigenvalue weighted by Gasteiger charge is -2.44.